The second-order valence-corrected chi connectivity index (χ2v) is 8.98. The molecule has 0 saturated carbocycles. The Morgan fingerprint density at radius 2 is 1.95 bits per heavy atom. The molecule has 0 radical (unpaired) electrons. The summed E-state index contributed by atoms with van der Waals surface area (Å²) in [5.74, 6) is 0.0953. The zero-order valence-corrected chi connectivity index (χ0v) is 14.5. The van der Waals surface area contributed by atoms with Crippen molar-refractivity contribution in [1.29, 1.82) is 0 Å². The standard InChI is InChI=1S/C13H19ClN2O3S2/c1-3-10(2)13(17)15-6-8-16(9-7-15)21(18,19)12-5-4-11(14)20-12/h4-5,10H,3,6-9H2,1-2H3. The lowest BCUT2D eigenvalue weighted by Gasteiger charge is -2.34. The molecule has 2 heterocycles. The molecule has 0 bridgehead atoms. The van der Waals surface area contributed by atoms with Gasteiger partial charge in [-0.25, -0.2) is 8.42 Å². The van der Waals surface area contributed by atoms with Crippen molar-refractivity contribution in [3.05, 3.63) is 16.5 Å². The van der Waals surface area contributed by atoms with Gasteiger partial charge in [0.2, 0.25) is 5.91 Å². The summed E-state index contributed by atoms with van der Waals surface area (Å²) < 4.78 is 27.0. The molecule has 1 aliphatic rings. The lowest BCUT2D eigenvalue weighted by Crippen LogP contribution is -2.51. The van der Waals surface area contributed by atoms with Crippen LogP contribution in [0.15, 0.2) is 16.3 Å². The molecule has 5 nitrogen and oxygen atoms in total. The minimum absolute atomic E-state index is 0.00994. The number of piperazine rings is 1. The fourth-order valence-electron chi connectivity index (χ4n) is 2.20. The number of nitrogens with zero attached hydrogens (tertiary/aromatic N) is 2. The number of hydrogen-bond donors (Lipinski definition) is 0. The van der Waals surface area contributed by atoms with E-state index in [-0.39, 0.29) is 16.0 Å². The molecule has 8 heteroatoms. The van der Waals surface area contributed by atoms with Crippen LogP contribution in [0, 0.1) is 5.92 Å². The molecule has 0 spiro atoms. The normalized spacial score (nSPS) is 18.7. The van der Waals surface area contributed by atoms with Crippen LogP contribution in [-0.4, -0.2) is 49.7 Å². The Kier molecular flexibility index (Phi) is 5.29. The smallest absolute Gasteiger partial charge is 0.252 e. The van der Waals surface area contributed by atoms with Gasteiger partial charge in [-0.1, -0.05) is 25.4 Å². The maximum atomic E-state index is 12.4. The highest BCUT2D eigenvalue weighted by Crippen LogP contribution is 2.28. The van der Waals surface area contributed by atoms with Crippen molar-refractivity contribution in [3.63, 3.8) is 0 Å². The molecule has 1 aromatic heterocycles. The van der Waals surface area contributed by atoms with Crippen LogP contribution in [0.25, 0.3) is 0 Å². The van der Waals surface area contributed by atoms with Crippen molar-refractivity contribution in [1.82, 2.24) is 9.21 Å². The van der Waals surface area contributed by atoms with Crippen molar-refractivity contribution in [3.8, 4) is 0 Å². The molecule has 2 rings (SSSR count). The predicted octanol–water partition coefficient (Wildman–Crippen LogP) is 2.28. The average Bonchev–Trinajstić information content (AvgIpc) is 2.93. The second-order valence-electron chi connectivity index (χ2n) is 5.10. The Morgan fingerprint density at radius 3 is 2.43 bits per heavy atom. The Labute approximate surface area is 134 Å². The number of amides is 1. The minimum atomic E-state index is -3.49. The SMILES string of the molecule is CCC(C)C(=O)N1CCN(S(=O)(=O)c2ccc(Cl)s2)CC1. The Balaban J connectivity index is 2.02. The average molecular weight is 351 g/mol. The van der Waals surface area contributed by atoms with Crippen molar-refractivity contribution in [2.24, 2.45) is 5.92 Å². The summed E-state index contributed by atoms with van der Waals surface area (Å²) in [6.45, 7) is 5.44. The molecule has 1 aliphatic heterocycles. The van der Waals surface area contributed by atoms with Crippen molar-refractivity contribution < 1.29 is 13.2 Å². The quantitative estimate of drug-likeness (QED) is 0.837. The molecule has 1 aromatic rings. The van der Waals surface area contributed by atoms with Crippen LogP contribution in [0.2, 0.25) is 4.34 Å². The fourth-order valence-corrected chi connectivity index (χ4v) is 5.26. The number of thiophene rings is 1. The van der Waals surface area contributed by atoms with Crippen LogP contribution in [0.1, 0.15) is 20.3 Å². The van der Waals surface area contributed by atoms with Gasteiger partial charge < -0.3 is 4.90 Å². The minimum Gasteiger partial charge on any atom is -0.340 e. The first-order valence-electron chi connectivity index (χ1n) is 6.90. The molecule has 1 atom stereocenters. The van der Waals surface area contributed by atoms with Gasteiger partial charge in [-0.05, 0) is 18.6 Å². The number of halogens is 1. The maximum Gasteiger partial charge on any atom is 0.252 e. The summed E-state index contributed by atoms with van der Waals surface area (Å²) in [4.78, 5) is 13.9. The molecule has 1 amide bonds. The van der Waals surface area contributed by atoms with Crippen molar-refractivity contribution >= 4 is 38.9 Å². The van der Waals surface area contributed by atoms with Crippen LogP contribution in [0.4, 0.5) is 0 Å². The molecule has 0 aliphatic carbocycles. The van der Waals surface area contributed by atoms with Crippen LogP contribution in [-0.2, 0) is 14.8 Å². The van der Waals surface area contributed by atoms with Gasteiger partial charge >= 0.3 is 0 Å². The molecule has 1 saturated heterocycles. The third kappa shape index (κ3) is 3.59. The molecular formula is C13H19ClN2O3S2. The monoisotopic (exact) mass is 350 g/mol. The summed E-state index contributed by atoms with van der Waals surface area (Å²) in [5.41, 5.74) is 0. The molecular weight excluding hydrogens is 332 g/mol. The fraction of sp³-hybridized carbons (Fsp3) is 0.615. The molecule has 1 unspecified atom stereocenters. The molecule has 0 N–H and O–H groups in total. The van der Waals surface area contributed by atoms with Gasteiger partial charge in [0, 0.05) is 32.1 Å². The van der Waals surface area contributed by atoms with Crippen LogP contribution in [0.3, 0.4) is 0 Å². The van der Waals surface area contributed by atoms with Crippen LogP contribution in [0.5, 0.6) is 0 Å². The maximum absolute atomic E-state index is 12.4. The predicted molar refractivity (Wildman–Crippen MR) is 84.1 cm³/mol. The first kappa shape index (κ1) is 16.7. The van der Waals surface area contributed by atoms with Gasteiger partial charge in [-0.3, -0.25) is 4.79 Å². The zero-order chi connectivity index (χ0) is 15.6. The summed E-state index contributed by atoms with van der Waals surface area (Å²) in [6.07, 6.45) is 0.797. The first-order valence-corrected chi connectivity index (χ1v) is 9.54. The van der Waals surface area contributed by atoms with E-state index in [9.17, 15) is 13.2 Å². The number of hydrogen-bond acceptors (Lipinski definition) is 4. The summed E-state index contributed by atoms with van der Waals surface area (Å²) in [5, 5.41) is 0. The highest BCUT2D eigenvalue weighted by Gasteiger charge is 2.31. The highest BCUT2D eigenvalue weighted by atomic mass is 35.5. The topological polar surface area (TPSA) is 57.7 Å². The van der Waals surface area contributed by atoms with Gasteiger partial charge in [0.25, 0.3) is 10.0 Å². The van der Waals surface area contributed by atoms with Gasteiger partial charge in [0.1, 0.15) is 4.21 Å². The highest BCUT2D eigenvalue weighted by molar-refractivity contribution is 7.91. The molecule has 0 aromatic carbocycles. The second kappa shape index (κ2) is 6.64. The largest absolute Gasteiger partial charge is 0.340 e. The van der Waals surface area contributed by atoms with E-state index in [0.717, 1.165) is 17.8 Å². The summed E-state index contributed by atoms with van der Waals surface area (Å²) in [6, 6.07) is 3.11. The van der Waals surface area contributed by atoms with Crippen LogP contribution >= 0.6 is 22.9 Å². The number of sulfonamides is 1. The van der Waals surface area contributed by atoms with E-state index in [1.54, 1.807) is 11.0 Å². The van der Waals surface area contributed by atoms with E-state index in [1.165, 1.54) is 10.4 Å². The Hall–Kier alpha value is -0.630. The third-order valence-electron chi connectivity index (χ3n) is 3.73. The number of rotatable bonds is 4. The van der Waals surface area contributed by atoms with Gasteiger partial charge in [-0.2, -0.15) is 4.31 Å². The van der Waals surface area contributed by atoms with Crippen LogP contribution < -0.4 is 0 Å². The first-order chi connectivity index (χ1) is 9.86. The van der Waals surface area contributed by atoms with Gasteiger partial charge in [-0.15, -0.1) is 11.3 Å². The van der Waals surface area contributed by atoms with E-state index in [0.29, 0.717) is 30.5 Å². The summed E-state index contributed by atoms with van der Waals surface area (Å²) in [7, 11) is -3.49. The van der Waals surface area contributed by atoms with Crippen molar-refractivity contribution in [2.75, 3.05) is 26.2 Å². The Bertz CT molecular complexity index is 607. The van der Waals surface area contributed by atoms with E-state index in [4.69, 9.17) is 11.6 Å². The van der Waals surface area contributed by atoms with E-state index in [2.05, 4.69) is 0 Å². The molecule has 21 heavy (non-hydrogen) atoms. The van der Waals surface area contributed by atoms with E-state index >= 15 is 0 Å². The molecule has 1 fully saturated rings. The number of carbonyl (C=O) groups is 1. The molecule has 118 valence electrons. The van der Waals surface area contributed by atoms with Gasteiger partial charge in [0.05, 0.1) is 4.34 Å². The number of carbonyl (C=O) groups excluding carboxylic acids is 1. The van der Waals surface area contributed by atoms with E-state index in [1.807, 2.05) is 13.8 Å². The lowest BCUT2D eigenvalue weighted by molar-refractivity contribution is -0.136. The summed E-state index contributed by atoms with van der Waals surface area (Å²) >= 11 is 6.86. The van der Waals surface area contributed by atoms with Gasteiger partial charge in [0.15, 0.2) is 0 Å². The van der Waals surface area contributed by atoms with Crippen molar-refractivity contribution in [2.45, 2.75) is 24.5 Å². The Morgan fingerprint density at radius 1 is 1.33 bits per heavy atom. The lowest BCUT2D eigenvalue weighted by atomic mass is 10.1. The zero-order valence-electron chi connectivity index (χ0n) is 12.1. The van der Waals surface area contributed by atoms with E-state index < -0.39 is 10.0 Å². The third-order valence-corrected chi connectivity index (χ3v) is 7.32.